The predicted octanol–water partition coefficient (Wildman–Crippen LogP) is 3.67. The van der Waals surface area contributed by atoms with Gasteiger partial charge >= 0.3 is 5.97 Å². The summed E-state index contributed by atoms with van der Waals surface area (Å²) in [5, 5.41) is 0. The first kappa shape index (κ1) is 13.3. The van der Waals surface area contributed by atoms with Crippen molar-refractivity contribution in [3.63, 3.8) is 0 Å². The highest BCUT2D eigenvalue weighted by molar-refractivity contribution is 5.66. The zero-order valence-corrected chi connectivity index (χ0v) is 10.7. The molecule has 19 heavy (non-hydrogen) atoms. The maximum Gasteiger partial charge on any atom is 0.303 e. The van der Waals surface area contributed by atoms with E-state index in [9.17, 15) is 9.18 Å². The van der Waals surface area contributed by atoms with Gasteiger partial charge in [-0.1, -0.05) is 48.5 Å². The van der Waals surface area contributed by atoms with Crippen molar-refractivity contribution in [1.82, 2.24) is 0 Å². The summed E-state index contributed by atoms with van der Waals surface area (Å²) in [5.74, 6) is -0.652. The summed E-state index contributed by atoms with van der Waals surface area (Å²) >= 11 is 0. The number of esters is 1. The van der Waals surface area contributed by atoms with E-state index >= 15 is 0 Å². The Bertz CT molecular complexity index is 552. The molecule has 0 saturated heterocycles. The topological polar surface area (TPSA) is 26.3 Å². The van der Waals surface area contributed by atoms with Crippen molar-refractivity contribution in [2.45, 2.75) is 19.4 Å². The fourth-order valence-electron chi connectivity index (χ4n) is 1.96. The van der Waals surface area contributed by atoms with Crippen LogP contribution in [0.15, 0.2) is 54.6 Å². The van der Waals surface area contributed by atoms with E-state index in [0.717, 1.165) is 5.56 Å². The monoisotopic (exact) mass is 258 g/mol. The highest BCUT2D eigenvalue weighted by atomic mass is 19.1. The van der Waals surface area contributed by atoms with E-state index in [2.05, 4.69) is 0 Å². The quantitative estimate of drug-likeness (QED) is 0.782. The van der Waals surface area contributed by atoms with Crippen LogP contribution in [0.25, 0.3) is 0 Å². The summed E-state index contributed by atoms with van der Waals surface area (Å²) < 4.78 is 19.0. The van der Waals surface area contributed by atoms with Crippen LogP contribution in [0.4, 0.5) is 4.39 Å². The van der Waals surface area contributed by atoms with Crippen LogP contribution in [0.2, 0.25) is 0 Å². The van der Waals surface area contributed by atoms with Crippen molar-refractivity contribution < 1.29 is 13.9 Å². The van der Waals surface area contributed by atoms with Crippen LogP contribution < -0.4 is 0 Å². The Hall–Kier alpha value is -2.16. The zero-order valence-electron chi connectivity index (χ0n) is 10.7. The van der Waals surface area contributed by atoms with Gasteiger partial charge in [0.25, 0.3) is 0 Å². The lowest BCUT2D eigenvalue weighted by atomic mass is 10.0. The second-order valence-electron chi connectivity index (χ2n) is 4.30. The summed E-state index contributed by atoms with van der Waals surface area (Å²) in [6.07, 6.45) is -0.133. The van der Waals surface area contributed by atoms with Crippen molar-refractivity contribution >= 4 is 5.97 Å². The van der Waals surface area contributed by atoms with Crippen LogP contribution in [0.1, 0.15) is 24.2 Å². The zero-order chi connectivity index (χ0) is 13.7. The molecule has 0 fully saturated rings. The largest absolute Gasteiger partial charge is 0.457 e. The molecule has 2 aromatic rings. The molecule has 98 valence electrons. The minimum Gasteiger partial charge on any atom is -0.457 e. The van der Waals surface area contributed by atoms with Crippen LogP contribution >= 0.6 is 0 Å². The highest BCUT2D eigenvalue weighted by Crippen LogP contribution is 2.23. The van der Waals surface area contributed by atoms with Crippen LogP contribution in [0, 0.1) is 5.82 Å². The Kier molecular flexibility index (Phi) is 4.29. The molecular formula is C16H15FO2. The summed E-state index contributed by atoms with van der Waals surface area (Å²) in [5.41, 5.74) is 1.40. The predicted molar refractivity (Wildman–Crippen MR) is 71.1 cm³/mol. The summed E-state index contributed by atoms with van der Waals surface area (Å²) in [4.78, 5) is 11.2. The van der Waals surface area contributed by atoms with E-state index in [1.54, 1.807) is 18.2 Å². The molecule has 0 heterocycles. The van der Waals surface area contributed by atoms with E-state index in [1.165, 1.54) is 13.0 Å². The van der Waals surface area contributed by atoms with Crippen molar-refractivity contribution in [3.8, 4) is 0 Å². The summed E-state index contributed by atoms with van der Waals surface area (Å²) in [6, 6.07) is 15.9. The van der Waals surface area contributed by atoms with Crippen molar-refractivity contribution in [2.75, 3.05) is 0 Å². The lowest BCUT2D eigenvalue weighted by Crippen LogP contribution is -2.12. The standard InChI is InChI=1S/C16H15FO2/c1-12(18)19-16(13-7-3-2-4-8-13)11-14-9-5-6-10-15(14)17/h2-10,16H,11H2,1H3/t16-/m0/s1. The third-order valence-corrected chi connectivity index (χ3v) is 2.84. The van der Waals surface area contributed by atoms with Gasteiger partial charge in [-0.3, -0.25) is 4.79 Å². The number of carbonyl (C=O) groups excluding carboxylic acids is 1. The fraction of sp³-hybridized carbons (Fsp3) is 0.188. The second-order valence-corrected chi connectivity index (χ2v) is 4.30. The molecule has 0 aliphatic rings. The van der Waals surface area contributed by atoms with Gasteiger partial charge in [0.05, 0.1) is 0 Å². The van der Waals surface area contributed by atoms with E-state index in [0.29, 0.717) is 12.0 Å². The van der Waals surface area contributed by atoms with Crippen LogP contribution in [-0.4, -0.2) is 5.97 Å². The Labute approximate surface area is 111 Å². The van der Waals surface area contributed by atoms with E-state index in [-0.39, 0.29) is 11.8 Å². The second kappa shape index (κ2) is 6.14. The Balaban J connectivity index is 2.24. The fourth-order valence-corrected chi connectivity index (χ4v) is 1.96. The molecule has 0 N–H and O–H groups in total. The minimum absolute atomic E-state index is 0.282. The number of hydrogen-bond donors (Lipinski definition) is 0. The number of rotatable bonds is 4. The van der Waals surface area contributed by atoms with Crippen LogP contribution in [-0.2, 0) is 16.0 Å². The first-order valence-electron chi connectivity index (χ1n) is 6.12. The van der Waals surface area contributed by atoms with Gasteiger partial charge in [-0.25, -0.2) is 4.39 Å². The van der Waals surface area contributed by atoms with E-state index in [4.69, 9.17) is 4.74 Å². The van der Waals surface area contributed by atoms with Gasteiger partial charge in [0.15, 0.2) is 0 Å². The molecule has 0 saturated carbocycles. The van der Waals surface area contributed by atoms with Crippen LogP contribution in [0.3, 0.4) is 0 Å². The van der Waals surface area contributed by atoms with Crippen molar-refractivity contribution in [1.29, 1.82) is 0 Å². The molecule has 0 amide bonds. The van der Waals surface area contributed by atoms with Crippen molar-refractivity contribution in [2.24, 2.45) is 0 Å². The number of hydrogen-bond acceptors (Lipinski definition) is 2. The molecule has 0 bridgehead atoms. The van der Waals surface area contributed by atoms with Crippen molar-refractivity contribution in [3.05, 3.63) is 71.5 Å². The first-order chi connectivity index (χ1) is 9.16. The number of carbonyl (C=O) groups is 1. The summed E-state index contributed by atoms with van der Waals surface area (Å²) in [7, 11) is 0. The third kappa shape index (κ3) is 3.65. The molecule has 3 heteroatoms. The Morgan fingerprint density at radius 1 is 1.11 bits per heavy atom. The molecule has 0 aliphatic heterocycles. The van der Waals surface area contributed by atoms with Gasteiger partial charge in [0.2, 0.25) is 0 Å². The maximum atomic E-state index is 13.7. The average molecular weight is 258 g/mol. The van der Waals surface area contributed by atoms with Gasteiger partial charge in [0.1, 0.15) is 11.9 Å². The number of benzene rings is 2. The molecule has 0 unspecified atom stereocenters. The summed E-state index contributed by atoms with van der Waals surface area (Å²) in [6.45, 7) is 1.36. The molecular weight excluding hydrogens is 243 g/mol. The smallest absolute Gasteiger partial charge is 0.303 e. The number of ether oxygens (including phenoxy) is 1. The third-order valence-electron chi connectivity index (χ3n) is 2.84. The Morgan fingerprint density at radius 2 is 1.74 bits per heavy atom. The van der Waals surface area contributed by atoms with Gasteiger partial charge < -0.3 is 4.74 Å². The van der Waals surface area contributed by atoms with E-state index in [1.807, 2.05) is 30.3 Å². The molecule has 0 spiro atoms. The molecule has 1 atom stereocenters. The molecule has 0 radical (unpaired) electrons. The van der Waals surface area contributed by atoms with Gasteiger partial charge in [-0.2, -0.15) is 0 Å². The molecule has 2 rings (SSSR count). The minimum atomic E-state index is -0.462. The number of halogens is 1. The lowest BCUT2D eigenvalue weighted by molar-refractivity contribution is -0.146. The molecule has 0 aromatic heterocycles. The Morgan fingerprint density at radius 3 is 2.37 bits per heavy atom. The van der Waals surface area contributed by atoms with Crippen LogP contribution in [0.5, 0.6) is 0 Å². The first-order valence-corrected chi connectivity index (χ1v) is 6.12. The van der Waals surface area contributed by atoms with E-state index < -0.39 is 6.10 Å². The average Bonchev–Trinajstić information content (AvgIpc) is 2.41. The van der Waals surface area contributed by atoms with Gasteiger partial charge in [-0.15, -0.1) is 0 Å². The van der Waals surface area contributed by atoms with Gasteiger partial charge in [-0.05, 0) is 17.2 Å². The molecule has 2 aromatic carbocycles. The van der Waals surface area contributed by atoms with Gasteiger partial charge in [0, 0.05) is 13.3 Å². The molecule has 2 nitrogen and oxygen atoms in total. The maximum absolute atomic E-state index is 13.7. The highest BCUT2D eigenvalue weighted by Gasteiger charge is 2.17. The normalized spacial score (nSPS) is 11.9. The lowest BCUT2D eigenvalue weighted by Gasteiger charge is -2.17. The SMILES string of the molecule is CC(=O)O[C@@H](Cc1ccccc1F)c1ccccc1. The molecule has 0 aliphatic carbocycles.